The minimum Gasteiger partial charge on any atom is -0.307 e. The molecule has 1 N–H and O–H groups in total. The van der Waals surface area contributed by atoms with Crippen LogP contribution in [0.25, 0.3) is 10.8 Å². The molecule has 2 amide bonds. The van der Waals surface area contributed by atoms with Gasteiger partial charge in [0.2, 0.25) is 0 Å². The second kappa shape index (κ2) is 5.85. The van der Waals surface area contributed by atoms with Crippen molar-refractivity contribution in [1.82, 2.24) is 10.2 Å². The molecule has 0 atom stereocenters. The molecule has 0 unspecified atom stereocenters. The molecule has 1 fully saturated rings. The second-order valence-electron chi connectivity index (χ2n) is 9.05. The lowest BCUT2D eigenvalue weighted by atomic mass is 9.78. The van der Waals surface area contributed by atoms with Crippen LogP contribution in [0, 0.1) is 10.1 Å². The number of nitro groups is 1. The first kappa shape index (κ1) is 18.6. The number of nitro benzene ring substituents is 1. The third-order valence-corrected chi connectivity index (χ3v) is 5.65. The summed E-state index contributed by atoms with van der Waals surface area (Å²) in [7, 11) is 0. The number of imide groups is 1. The van der Waals surface area contributed by atoms with E-state index in [0.717, 1.165) is 0 Å². The number of amides is 2. The van der Waals surface area contributed by atoms with Gasteiger partial charge in [0, 0.05) is 39.7 Å². The van der Waals surface area contributed by atoms with Gasteiger partial charge in [-0.15, -0.1) is 0 Å². The SMILES string of the molecule is CC1(C)CC(N2C(=O)c3cccc4c([N+](=O)[O-])ccc(c34)C2=O)CC(C)(C)N1. The van der Waals surface area contributed by atoms with Crippen molar-refractivity contribution in [2.24, 2.45) is 0 Å². The number of nitrogens with one attached hydrogen (secondary N) is 1. The molecule has 0 spiro atoms. The predicted octanol–water partition coefficient (Wildman–Crippen LogP) is 3.65. The molecule has 2 heterocycles. The van der Waals surface area contributed by atoms with E-state index < -0.39 is 4.92 Å². The maximum absolute atomic E-state index is 13.3. The zero-order valence-corrected chi connectivity index (χ0v) is 16.4. The Bertz CT molecular complexity index is 1000. The van der Waals surface area contributed by atoms with Crippen molar-refractivity contribution in [2.45, 2.75) is 57.7 Å². The molecule has 28 heavy (non-hydrogen) atoms. The number of carbonyl (C=O) groups is 2. The average Bonchev–Trinajstić information content (AvgIpc) is 2.56. The molecule has 0 radical (unpaired) electrons. The third-order valence-electron chi connectivity index (χ3n) is 5.65. The van der Waals surface area contributed by atoms with E-state index in [4.69, 9.17) is 0 Å². The molecule has 0 bridgehead atoms. The zero-order valence-electron chi connectivity index (χ0n) is 16.4. The summed E-state index contributed by atoms with van der Waals surface area (Å²) in [5.74, 6) is -0.746. The molecular formula is C21H23N3O4. The van der Waals surface area contributed by atoms with Crippen LogP contribution in [0.4, 0.5) is 5.69 Å². The van der Waals surface area contributed by atoms with Crippen molar-refractivity contribution in [3.8, 4) is 0 Å². The van der Waals surface area contributed by atoms with Gasteiger partial charge in [-0.1, -0.05) is 6.07 Å². The van der Waals surface area contributed by atoms with Crippen LogP contribution >= 0.6 is 0 Å². The minimum absolute atomic E-state index is 0.0983. The molecule has 0 aromatic heterocycles. The molecular weight excluding hydrogens is 358 g/mol. The number of non-ortho nitro benzene ring substituents is 1. The van der Waals surface area contributed by atoms with Crippen LogP contribution in [0.2, 0.25) is 0 Å². The number of carbonyl (C=O) groups excluding carboxylic acids is 2. The van der Waals surface area contributed by atoms with E-state index in [-0.39, 0.29) is 34.6 Å². The monoisotopic (exact) mass is 381 g/mol. The molecule has 4 rings (SSSR count). The van der Waals surface area contributed by atoms with E-state index in [1.165, 1.54) is 17.0 Å². The first-order valence-electron chi connectivity index (χ1n) is 9.38. The summed E-state index contributed by atoms with van der Waals surface area (Å²) in [6.07, 6.45) is 1.29. The Labute approximate surface area is 162 Å². The molecule has 2 aliphatic rings. The second-order valence-corrected chi connectivity index (χ2v) is 9.05. The summed E-state index contributed by atoms with van der Waals surface area (Å²) < 4.78 is 0. The van der Waals surface area contributed by atoms with Crippen LogP contribution in [-0.4, -0.2) is 38.8 Å². The Morgan fingerprint density at radius 1 is 1.00 bits per heavy atom. The highest BCUT2D eigenvalue weighted by atomic mass is 16.6. The maximum atomic E-state index is 13.3. The van der Waals surface area contributed by atoms with E-state index in [1.807, 2.05) is 0 Å². The van der Waals surface area contributed by atoms with E-state index in [9.17, 15) is 19.7 Å². The fraction of sp³-hybridized carbons (Fsp3) is 0.429. The summed E-state index contributed by atoms with van der Waals surface area (Å²) in [5, 5.41) is 15.7. The molecule has 2 aliphatic heterocycles. The van der Waals surface area contributed by atoms with Crippen molar-refractivity contribution < 1.29 is 14.5 Å². The summed E-state index contributed by atoms with van der Waals surface area (Å²) in [5.41, 5.74) is 0.150. The Balaban J connectivity index is 1.86. The fourth-order valence-electron chi connectivity index (χ4n) is 5.04. The summed E-state index contributed by atoms with van der Waals surface area (Å²) in [6.45, 7) is 8.27. The lowest BCUT2D eigenvalue weighted by molar-refractivity contribution is -0.383. The van der Waals surface area contributed by atoms with Crippen LogP contribution in [-0.2, 0) is 0 Å². The highest BCUT2D eigenvalue weighted by Gasteiger charge is 2.45. The maximum Gasteiger partial charge on any atom is 0.277 e. The molecule has 1 saturated heterocycles. The van der Waals surface area contributed by atoms with Gasteiger partial charge in [0.05, 0.1) is 10.3 Å². The van der Waals surface area contributed by atoms with Crippen molar-refractivity contribution in [2.75, 3.05) is 0 Å². The van der Waals surface area contributed by atoms with Crippen LogP contribution in [0.1, 0.15) is 61.3 Å². The normalized spacial score (nSPS) is 21.2. The van der Waals surface area contributed by atoms with Gasteiger partial charge in [-0.05, 0) is 58.7 Å². The average molecular weight is 381 g/mol. The van der Waals surface area contributed by atoms with Gasteiger partial charge < -0.3 is 5.32 Å². The van der Waals surface area contributed by atoms with E-state index in [1.54, 1.807) is 18.2 Å². The smallest absolute Gasteiger partial charge is 0.277 e. The van der Waals surface area contributed by atoms with Gasteiger partial charge in [-0.25, -0.2) is 0 Å². The van der Waals surface area contributed by atoms with Crippen molar-refractivity contribution in [3.05, 3.63) is 51.6 Å². The number of hydrogen-bond acceptors (Lipinski definition) is 5. The van der Waals surface area contributed by atoms with Crippen molar-refractivity contribution >= 4 is 28.3 Å². The van der Waals surface area contributed by atoms with Crippen LogP contribution in [0.3, 0.4) is 0 Å². The number of piperidine rings is 1. The lowest BCUT2D eigenvalue weighted by Gasteiger charge is -2.49. The van der Waals surface area contributed by atoms with Gasteiger partial charge in [0.15, 0.2) is 0 Å². The Morgan fingerprint density at radius 2 is 1.57 bits per heavy atom. The Kier molecular flexibility index (Phi) is 3.88. The van der Waals surface area contributed by atoms with E-state index in [2.05, 4.69) is 33.0 Å². The summed E-state index contributed by atoms with van der Waals surface area (Å²) >= 11 is 0. The molecule has 7 heteroatoms. The number of rotatable bonds is 2. The van der Waals surface area contributed by atoms with Crippen LogP contribution in [0.15, 0.2) is 30.3 Å². The predicted molar refractivity (Wildman–Crippen MR) is 105 cm³/mol. The van der Waals surface area contributed by atoms with Crippen LogP contribution < -0.4 is 5.32 Å². The van der Waals surface area contributed by atoms with E-state index in [0.29, 0.717) is 34.7 Å². The van der Waals surface area contributed by atoms with Crippen molar-refractivity contribution in [1.29, 1.82) is 0 Å². The molecule has 0 saturated carbocycles. The minimum atomic E-state index is -0.484. The van der Waals surface area contributed by atoms with Crippen molar-refractivity contribution in [3.63, 3.8) is 0 Å². The summed E-state index contributed by atoms with van der Waals surface area (Å²) in [4.78, 5) is 38.9. The zero-order chi connectivity index (χ0) is 20.4. The third kappa shape index (κ3) is 2.77. The summed E-state index contributed by atoms with van der Waals surface area (Å²) in [6, 6.07) is 7.45. The molecule has 2 aromatic carbocycles. The van der Waals surface area contributed by atoms with Gasteiger partial charge in [0.25, 0.3) is 17.5 Å². The van der Waals surface area contributed by atoms with Gasteiger partial charge in [0.1, 0.15) is 0 Å². The lowest BCUT2D eigenvalue weighted by Crippen LogP contribution is -2.63. The molecule has 2 aromatic rings. The fourth-order valence-corrected chi connectivity index (χ4v) is 5.04. The standard InChI is InChI=1S/C21H23N3O4/c1-20(2)10-12(11-21(3,4)22-20)23-18(25)14-7-5-6-13-16(24(27)28)9-8-15(17(13)14)19(23)26/h5-9,12,22H,10-11H2,1-4H3. The molecule has 0 aliphatic carbocycles. The number of nitrogens with zero attached hydrogens (tertiary/aromatic N) is 2. The van der Waals surface area contributed by atoms with Gasteiger partial charge in [-0.2, -0.15) is 0 Å². The quantitative estimate of drug-likeness (QED) is 0.487. The highest BCUT2D eigenvalue weighted by molar-refractivity contribution is 6.26. The first-order chi connectivity index (χ1) is 13.0. The molecule has 146 valence electrons. The Hall–Kier alpha value is -2.80. The van der Waals surface area contributed by atoms with Gasteiger partial charge in [-0.3, -0.25) is 24.6 Å². The Morgan fingerprint density at radius 3 is 2.14 bits per heavy atom. The number of hydrogen-bond donors (Lipinski definition) is 1. The van der Waals surface area contributed by atoms with Crippen LogP contribution in [0.5, 0.6) is 0 Å². The highest BCUT2D eigenvalue weighted by Crippen LogP contribution is 2.39. The van der Waals surface area contributed by atoms with Gasteiger partial charge >= 0.3 is 0 Å². The first-order valence-corrected chi connectivity index (χ1v) is 9.38. The van der Waals surface area contributed by atoms with E-state index >= 15 is 0 Å². The number of benzene rings is 2. The largest absolute Gasteiger partial charge is 0.307 e. The molecule has 7 nitrogen and oxygen atoms in total. The topological polar surface area (TPSA) is 92.6 Å².